The van der Waals surface area contributed by atoms with E-state index >= 15 is 0 Å². The van der Waals surface area contributed by atoms with E-state index in [1.165, 1.54) is 11.2 Å². The Morgan fingerprint density at radius 2 is 2.14 bits per heavy atom. The lowest BCUT2D eigenvalue weighted by Crippen LogP contribution is -2.33. The molecule has 7 nitrogen and oxygen atoms in total. The fraction of sp³-hybridized carbons (Fsp3) is 0.692. The molecule has 1 aromatic rings. The molecule has 1 atom stereocenters. The molecule has 0 aromatic carbocycles. The van der Waals surface area contributed by atoms with E-state index in [0.29, 0.717) is 19.0 Å². The standard InChI is InChI=1S/C13H21N3O4S/c1-3-10-5-4-7-16(8-6-10)21(19,20)12-9(2)14-15-11(12)13(17)18/h10H,3-8H2,1-2H3,(H,14,15)(H,17,18). The zero-order valence-corrected chi connectivity index (χ0v) is 13.1. The van der Waals surface area contributed by atoms with Gasteiger partial charge < -0.3 is 5.11 Å². The van der Waals surface area contributed by atoms with Gasteiger partial charge in [-0.05, 0) is 32.1 Å². The van der Waals surface area contributed by atoms with Crippen molar-refractivity contribution in [2.75, 3.05) is 13.1 Å². The fourth-order valence-corrected chi connectivity index (χ4v) is 4.58. The van der Waals surface area contributed by atoms with Crippen LogP contribution in [0.4, 0.5) is 0 Å². The van der Waals surface area contributed by atoms with Crippen LogP contribution in [-0.4, -0.2) is 47.1 Å². The molecule has 0 radical (unpaired) electrons. The van der Waals surface area contributed by atoms with Crippen molar-refractivity contribution < 1.29 is 18.3 Å². The van der Waals surface area contributed by atoms with Gasteiger partial charge in [-0.15, -0.1) is 0 Å². The van der Waals surface area contributed by atoms with Gasteiger partial charge in [-0.3, -0.25) is 5.10 Å². The summed E-state index contributed by atoms with van der Waals surface area (Å²) in [5.74, 6) is -0.797. The third kappa shape index (κ3) is 3.11. The normalized spacial score (nSPS) is 21.1. The first kappa shape index (κ1) is 16.0. The number of aromatic nitrogens is 2. The second-order valence-corrected chi connectivity index (χ2v) is 7.32. The molecule has 1 unspecified atom stereocenters. The summed E-state index contributed by atoms with van der Waals surface area (Å²) in [7, 11) is -3.82. The number of rotatable bonds is 4. The van der Waals surface area contributed by atoms with E-state index in [9.17, 15) is 13.2 Å². The van der Waals surface area contributed by atoms with Gasteiger partial charge in [0, 0.05) is 13.1 Å². The molecule has 1 aliphatic heterocycles. The summed E-state index contributed by atoms with van der Waals surface area (Å²) >= 11 is 0. The molecule has 2 heterocycles. The van der Waals surface area contributed by atoms with Crippen LogP contribution < -0.4 is 0 Å². The highest BCUT2D eigenvalue weighted by molar-refractivity contribution is 7.89. The summed E-state index contributed by atoms with van der Waals surface area (Å²) in [6.07, 6.45) is 3.67. The SMILES string of the molecule is CCC1CCCN(S(=O)(=O)c2c(C(=O)O)n[nH]c2C)CC1. The van der Waals surface area contributed by atoms with Crippen LogP contribution >= 0.6 is 0 Å². The largest absolute Gasteiger partial charge is 0.476 e. The maximum Gasteiger partial charge on any atom is 0.357 e. The molecule has 0 saturated carbocycles. The predicted molar refractivity (Wildman–Crippen MR) is 76.7 cm³/mol. The molecule has 8 heteroatoms. The van der Waals surface area contributed by atoms with Gasteiger partial charge in [0.25, 0.3) is 0 Å². The quantitative estimate of drug-likeness (QED) is 0.878. The molecular formula is C13H21N3O4S. The van der Waals surface area contributed by atoms with E-state index in [1.54, 1.807) is 0 Å². The van der Waals surface area contributed by atoms with E-state index in [0.717, 1.165) is 25.7 Å². The first-order valence-corrected chi connectivity index (χ1v) is 8.60. The van der Waals surface area contributed by atoms with Crippen molar-refractivity contribution in [1.82, 2.24) is 14.5 Å². The maximum absolute atomic E-state index is 12.7. The van der Waals surface area contributed by atoms with Crippen molar-refractivity contribution in [2.45, 2.75) is 44.4 Å². The summed E-state index contributed by atoms with van der Waals surface area (Å²) in [5, 5.41) is 15.2. The molecule has 0 amide bonds. The van der Waals surface area contributed by atoms with E-state index in [1.807, 2.05) is 0 Å². The first-order chi connectivity index (χ1) is 9.87. The molecule has 1 saturated heterocycles. The predicted octanol–water partition coefficient (Wildman–Crippen LogP) is 1.62. The van der Waals surface area contributed by atoms with Gasteiger partial charge in [0.15, 0.2) is 5.69 Å². The molecule has 2 N–H and O–H groups in total. The Bertz CT molecular complexity index is 623. The van der Waals surface area contributed by atoms with Gasteiger partial charge in [0.1, 0.15) is 4.90 Å². The molecule has 0 spiro atoms. The van der Waals surface area contributed by atoms with Crippen molar-refractivity contribution in [3.8, 4) is 0 Å². The van der Waals surface area contributed by atoms with Crippen molar-refractivity contribution >= 4 is 16.0 Å². The average Bonchev–Trinajstić information content (AvgIpc) is 2.68. The Balaban J connectivity index is 2.34. The van der Waals surface area contributed by atoms with Crippen LogP contribution in [0.3, 0.4) is 0 Å². The minimum atomic E-state index is -3.82. The number of nitrogens with one attached hydrogen (secondary N) is 1. The minimum absolute atomic E-state index is 0.204. The van der Waals surface area contributed by atoms with Gasteiger partial charge in [-0.1, -0.05) is 13.3 Å². The van der Waals surface area contributed by atoms with Crippen LogP contribution in [0.25, 0.3) is 0 Å². The highest BCUT2D eigenvalue weighted by Gasteiger charge is 2.34. The number of nitrogens with zero attached hydrogens (tertiary/aromatic N) is 2. The van der Waals surface area contributed by atoms with Gasteiger partial charge in [-0.2, -0.15) is 9.40 Å². The second kappa shape index (κ2) is 6.15. The Labute approximate surface area is 124 Å². The van der Waals surface area contributed by atoms with Gasteiger partial charge in [0.05, 0.1) is 5.69 Å². The Hall–Kier alpha value is -1.41. The monoisotopic (exact) mass is 315 g/mol. The lowest BCUT2D eigenvalue weighted by atomic mass is 9.98. The van der Waals surface area contributed by atoms with Gasteiger partial charge in [0.2, 0.25) is 10.0 Å². The van der Waals surface area contributed by atoms with Crippen molar-refractivity contribution in [3.05, 3.63) is 11.4 Å². The summed E-state index contributed by atoms with van der Waals surface area (Å²) in [6, 6.07) is 0. The van der Waals surface area contributed by atoms with Crippen LogP contribution in [-0.2, 0) is 10.0 Å². The number of aromatic amines is 1. The first-order valence-electron chi connectivity index (χ1n) is 7.16. The summed E-state index contributed by atoms with van der Waals surface area (Å²) in [5.41, 5.74) is -0.160. The maximum atomic E-state index is 12.7. The second-order valence-electron chi connectivity index (χ2n) is 5.44. The summed E-state index contributed by atoms with van der Waals surface area (Å²) in [6.45, 7) is 4.50. The Morgan fingerprint density at radius 1 is 1.43 bits per heavy atom. The molecule has 0 bridgehead atoms. The minimum Gasteiger partial charge on any atom is -0.476 e. The lowest BCUT2D eigenvalue weighted by molar-refractivity contribution is 0.0686. The number of carboxylic acids is 1. The Morgan fingerprint density at radius 3 is 2.76 bits per heavy atom. The number of aromatic carboxylic acids is 1. The summed E-state index contributed by atoms with van der Waals surface area (Å²) in [4.78, 5) is 11.0. The topological polar surface area (TPSA) is 103 Å². The smallest absolute Gasteiger partial charge is 0.357 e. The number of H-pyrrole nitrogens is 1. The van der Waals surface area contributed by atoms with Crippen LogP contribution in [0.1, 0.15) is 48.8 Å². The number of aryl methyl sites for hydroxylation is 1. The number of carboxylic acid groups (broad SMARTS) is 1. The Kier molecular flexibility index (Phi) is 4.67. The molecule has 0 aliphatic carbocycles. The molecule has 2 rings (SSSR count). The van der Waals surface area contributed by atoms with Gasteiger partial charge >= 0.3 is 5.97 Å². The molecule has 1 aromatic heterocycles. The highest BCUT2D eigenvalue weighted by Crippen LogP contribution is 2.27. The van der Waals surface area contributed by atoms with Crippen molar-refractivity contribution in [1.29, 1.82) is 0 Å². The lowest BCUT2D eigenvalue weighted by Gasteiger charge is -2.20. The van der Waals surface area contributed by atoms with E-state index in [2.05, 4.69) is 17.1 Å². The highest BCUT2D eigenvalue weighted by atomic mass is 32.2. The van der Waals surface area contributed by atoms with E-state index < -0.39 is 21.7 Å². The van der Waals surface area contributed by atoms with Crippen LogP contribution in [0, 0.1) is 12.8 Å². The molecule has 118 valence electrons. The van der Waals surface area contributed by atoms with Crippen LogP contribution in [0.2, 0.25) is 0 Å². The summed E-state index contributed by atoms with van der Waals surface area (Å²) < 4.78 is 26.9. The van der Waals surface area contributed by atoms with Crippen molar-refractivity contribution in [2.24, 2.45) is 5.92 Å². The zero-order valence-electron chi connectivity index (χ0n) is 12.3. The van der Waals surface area contributed by atoms with Crippen LogP contribution in [0.5, 0.6) is 0 Å². The molecule has 21 heavy (non-hydrogen) atoms. The third-order valence-corrected chi connectivity index (χ3v) is 6.14. The van der Waals surface area contributed by atoms with E-state index in [4.69, 9.17) is 5.11 Å². The molecular weight excluding hydrogens is 294 g/mol. The van der Waals surface area contributed by atoms with Crippen molar-refractivity contribution in [3.63, 3.8) is 0 Å². The fourth-order valence-electron chi connectivity index (χ4n) is 2.80. The number of hydrogen-bond acceptors (Lipinski definition) is 4. The van der Waals surface area contributed by atoms with Crippen LogP contribution in [0.15, 0.2) is 4.90 Å². The number of carbonyl (C=O) groups is 1. The van der Waals surface area contributed by atoms with Gasteiger partial charge in [-0.25, -0.2) is 13.2 Å². The average molecular weight is 315 g/mol. The third-order valence-electron chi connectivity index (χ3n) is 4.08. The number of hydrogen-bond donors (Lipinski definition) is 2. The molecule has 1 fully saturated rings. The zero-order chi connectivity index (χ0) is 15.6. The number of sulfonamides is 1. The molecule has 1 aliphatic rings. The van der Waals surface area contributed by atoms with E-state index in [-0.39, 0.29) is 10.6 Å².